The number of piperazine rings is 1. The van der Waals surface area contributed by atoms with Gasteiger partial charge >= 0.3 is 0 Å². The Morgan fingerprint density at radius 1 is 1.26 bits per heavy atom. The Bertz CT molecular complexity index is 790. The van der Waals surface area contributed by atoms with E-state index in [0.29, 0.717) is 12.5 Å². The van der Waals surface area contributed by atoms with Crippen molar-refractivity contribution < 1.29 is 4.79 Å². The van der Waals surface area contributed by atoms with E-state index in [1.165, 1.54) is 0 Å². The van der Waals surface area contributed by atoms with Crippen molar-refractivity contribution in [1.82, 2.24) is 30.5 Å². The van der Waals surface area contributed by atoms with Gasteiger partial charge in [0.25, 0.3) is 0 Å². The predicted molar refractivity (Wildman–Crippen MR) is 104 cm³/mol. The monoisotopic (exact) mass is 371 g/mol. The zero-order chi connectivity index (χ0) is 18.8. The van der Waals surface area contributed by atoms with Crippen LogP contribution in [0.25, 0.3) is 11.0 Å². The zero-order valence-electron chi connectivity index (χ0n) is 15.9. The molecule has 1 aromatic carbocycles. The Kier molecular flexibility index (Phi) is 5.38. The first kappa shape index (κ1) is 18.3. The summed E-state index contributed by atoms with van der Waals surface area (Å²) in [5, 5.41) is 14.2. The van der Waals surface area contributed by atoms with E-state index < -0.39 is 6.04 Å². The summed E-state index contributed by atoms with van der Waals surface area (Å²) in [6.45, 7) is 7.99. The topological polar surface area (TPSA) is 103 Å². The van der Waals surface area contributed by atoms with Crippen molar-refractivity contribution in [2.45, 2.75) is 38.3 Å². The summed E-state index contributed by atoms with van der Waals surface area (Å²) >= 11 is 0. The van der Waals surface area contributed by atoms with E-state index in [0.717, 1.165) is 74.3 Å². The molecule has 1 unspecified atom stereocenters. The molecule has 4 N–H and O–H groups in total. The fourth-order valence-corrected chi connectivity index (χ4v) is 4.39. The molecule has 1 atom stereocenters. The van der Waals surface area contributed by atoms with E-state index in [1.807, 2.05) is 17.9 Å². The van der Waals surface area contributed by atoms with Gasteiger partial charge in [-0.2, -0.15) is 0 Å². The third-order valence-corrected chi connectivity index (χ3v) is 5.91. The van der Waals surface area contributed by atoms with E-state index in [9.17, 15) is 4.79 Å². The third-order valence-electron chi connectivity index (χ3n) is 5.91. The van der Waals surface area contributed by atoms with Crippen LogP contribution in [0, 0.1) is 6.92 Å². The average molecular weight is 371 g/mol. The van der Waals surface area contributed by atoms with E-state index in [-0.39, 0.29) is 5.91 Å². The van der Waals surface area contributed by atoms with Crippen LogP contribution in [0.5, 0.6) is 0 Å². The molecule has 0 aliphatic carbocycles. The van der Waals surface area contributed by atoms with Crippen LogP contribution in [0.4, 0.5) is 0 Å². The predicted octanol–water partition coefficient (Wildman–Crippen LogP) is 0.0323. The van der Waals surface area contributed by atoms with Crippen LogP contribution < -0.4 is 11.1 Å². The summed E-state index contributed by atoms with van der Waals surface area (Å²) in [7, 11) is 0. The fraction of sp³-hybridized carbons (Fsp3) is 0.632. The number of H-pyrrole nitrogens is 1. The molecule has 4 rings (SSSR count). The molecule has 2 aliphatic heterocycles. The maximum Gasteiger partial charge on any atom is 0.239 e. The second-order valence-corrected chi connectivity index (χ2v) is 7.77. The molecule has 2 aromatic rings. The Balaban J connectivity index is 1.33. The minimum Gasteiger partial charge on any atom is -0.341 e. The standard InChI is InChI=1S/C19H29N7O/c1-13-10-14(12-17-18(13)23-24-22-17)11-16(20)19(27)26-6-2-15(3-7-26)25-8-4-21-5-9-25/h10,12,15-16,21H,2-9,11,20H2,1H3,(H,22,23,24). The minimum absolute atomic E-state index is 0.0617. The molecule has 0 saturated carbocycles. The van der Waals surface area contributed by atoms with Crippen LogP contribution in [0.15, 0.2) is 12.1 Å². The van der Waals surface area contributed by atoms with Crippen molar-refractivity contribution in [3.8, 4) is 0 Å². The quantitative estimate of drug-likeness (QED) is 0.701. The van der Waals surface area contributed by atoms with Gasteiger partial charge in [-0.15, -0.1) is 5.10 Å². The van der Waals surface area contributed by atoms with Crippen molar-refractivity contribution in [2.24, 2.45) is 5.73 Å². The lowest BCUT2D eigenvalue weighted by atomic mass is 9.99. The van der Waals surface area contributed by atoms with Crippen LogP contribution in [0.1, 0.15) is 24.0 Å². The lowest BCUT2D eigenvalue weighted by Gasteiger charge is -2.40. The fourth-order valence-electron chi connectivity index (χ4n) is 4.39. The zero-order valence-corrected chi connectivity index (χ0v) is 15.9. The molecule has 0 radical (unpaired) electrons. The largest absolute Gasteiger partial charge is 0.341 e. The number of hydrogen-bond acceptors (Lipinski definition) is 6. The number of carbonyl (C=O) groups is 1. The maximum atomic E-state index is 12.8. The van der Waals surface area contributed by atoms with Crippen LogP contribution in [-0.4, -0.2) is 82.5 Å². The van der Waals surface area contributed by atoms with Gasteiger partial charge in [0.2, 0.25) is 5.91 Å². The number of carbonyl (C=O) groups excluding carboxylic acids is 1. The smallest absolute Gasteiger partial charge is 0.239 e. The molecule has 1 aromatic heterocycles. The Hall–Kier alpha value is -2.03. The molecule has 0 spiro atoms. The van der Waals surface area contributed by atoms with Gasteiger partial charge in [0.15, 0.2) is 0 Å². The van der Waals surface area contributed by atoms with Gasteiger partial charge in [-0.05, 0) is 43.4 Å². The highest BCUT2D eigenvalue weighted by atomic mass is 16.2. The number of nitrogens with one attached hydrogen (secondary N) is 2. The highest BCUT2D eigenvalue weighted by Gasteiger charge is 2.29. The highest BCUT2D eigenvalue weighted by Crippen LogP contribution is 2.20. The SMILES string of the molecule is Cc1cc(CC(N)C(=O)N2CCC(N3CCNCC3)CC2)cc2nn[nH]c12. The van der Waals surface area contributed by atoms with Gasteiger partial charge in [-0.1, -0.05) is 11.3 Å². The molecule has 2 saturated heterocycles. The van der Waals surface area contributed by atoms with Crippen molar-refractivity contribution in [3.05, 3.63) is 23.3 Å². The number of aromatic nitrogens is 3. The number of piperidine rings is 1. The van der Waals surface area contributed by atoms with E-state index in [1.54, 1.807) is 0 Å². The summed E-state index contributed by atoms with van der Waals surface area (Å²) in [4.78, 5) is 17.3. The van der Waals surface area contributed by atoms with Crippen molar-refractivity contribution in [1.29, 1.82) is 0 Å². The summed E-state index contributed by atoms with van der Waals surface area (Å²) < 4.78 is 0. The Morgan fingerprint density at radius 2 is 2.00 bits per heavy atom. The van der Waals surface area contributed by atoms with E-state index >= 15 is 0 Å². The van der Waals surface area contributed by atoms with Gasteiger partial charge in [0.05, 0.1) is 11.6 Å². The molecular formula is C19H29N7O. The first-order valence-corrected chi connectivity index (χ1v) is 9.91. The number of aromatic amines is 1. The van der Waals surface area contributed by atoms with E-state index in [4.69, 9.17) is 5.73 Å². The molecule has 1 amide bonds. The summed E-state index contributed by atoms with van der Waals surface area (Å²) in [5.41, 5.74) is 10.1. The van der Waals surface area contributed by atoms with Gasteiger partial charge in [0, 0.05) is 45.3 Å². The normalized spacial score (nSPS) is 20.9. The average Bonchev–Trinajstić information content (AvgIpc) is 3.17. The molecule has 2 fully saturated rings. The number of nitrogens with zero attached hydrogens (tertiary/aromatic N) is 4. The summed E-state index contributed by atoms with van der Waals surface area (Å²) in [5.74, 6) is 0.0617. The summed E-state index contributed by atoms with van der Waals surface area (Å²) in [6.07, 6.45) is 2.62. The van der Waals surface area contributed by atoms with Crippen LogP contribution >= 0.6 is 0 Å². The van der Waals surface area contributed by atoms with Gasteiger partial charge in [-0.25, -0.2) is 0 Å². The van der Waals surface area contributed by atoms with Crippen LogP contribution in [-0.2, 0) is 11.2 Å². The molecule has 0 bridgehead atoms. The number of rotatable bonds is 4. The number of likely N-dealkylation sites (tertiary alicyclic amines) is 1. The van der Waals surface area contributed by atoms with E-state index in [2.05, 4.69) is 31.7 Å². The van der Waals surface area contributed by atoms with Crippen molar-refractivity contribution in [2.75, 3.05) is 39.3 Å². The lowest BCUT2D eigenvalue weighted by Crippen LogP contribution is -2.54. The first-order valence-electron chi connectivity index (χ1n) is 9.91. The molecule has 8 nitrogen and oxygen atoms in total. The van der Waals surface area contributed by atoms with Crippen molar-refractivity contribution in [3.63, 3.8) is 0 Å². The van der Waals surface area contributed by atoms with Gasteiger partial charge < -0.3 is 16.0 Å². The lowest BCUT2D eigenvalue weighted by molar-refractivity contribution is -0.134. The number of nitrogens with two attached hydrogens (primary N) is 1. The second kappa shape index (κ2) is 7.92. The van der Waals surface area contributed by atoms with Crippen LogP contribution in [0.2, 0.25) is 0 Å². The molecule has 146 valence electrons. The second-order valence-electron chi connectivity index (χ2n) is 7.77. The van der Waals surface area contributed by atoms with Gasteiger partial charge in [0.1, 0.15) is 5.52 Å². The number of fused-ring (bicyclic) bond motifs is 1. The first-order chi connectivity index (χ1) is 13.1. The number of benzene rings is 1. The van der Waals surface area contributed by atoms with Gasteiger partial charge in [-0.3, -0.25) is 14.8 Å². The summed E-state index contributed by atoms with van der Waals surface area (Å²) in [6, 6.07) is 4.12. The minimum atomic E-state index is -0.510. The van der Waals surface area contributed by atoms with Crippen molar-refractivity contribution >= 4 is 16.9 Å². The maximum absolute atomic E-state index is 12.8. The third kappa shape index (κ3) is 3.97. The number of amides is 1. The highest BCUT2D eigenvalue weighted by molar-refractivity contribution is 5.83. The Labute approximate surface area is 159 Å². The Morgan fingerprint density at radius 3 is 2.74 bits per heavy atom. The molecule has 27 heavy (non-hydrogen) atoms. The molecule has 2 aliphatic rings. The molecule has 3 heterocycles. The van der Waals surface area contributed by atoms with Crippen LogP contribution in [0.3, 0.4) is 0 Å². The number of hydrogen-bond donors (Lipinski definition) is 3. The number of aryl methyl sites for hydroxylation is 1. The molecular weight excluding hydrogens is 342 g/mol. The molecule has 8 heteroatoms.